The minimum atomic E-state index is 0.424. The fourth-order valence-electron chi connectivity index (χ4n) is 13.3. The second kappa shape index (κ2) is 17.6. The van der Waals surface area contributed by atoms with Crippen LogP contribution in [0.1, 0.15) is 61.8 Å². The number of para-hydroxylation sites is 2. The maximum absolute atomic E-state index is 2.57. The summed E-state index contributed by atoms with van der Waals surface area (Å²) in [6.07, 6.45) is 0. The zero-order valence-corrected chi connectivity index (χ0v) is 44.9. The number of nitrogens with zero attached hydrogens (tertiary/aromatic N) is 4. The van der Waals surface area contributed by atoms with Crippen LogP contribution < -0.4 is 9.80 Å². The average molecular weight is 1000 g/mol. The summed E-state index contributed by atoms with van der Waals surface area (Å²) < 4.78 is 5.13. The molecule has 0 saturated carbocycles. The molecule has 15 rings (SSSR count). The quantitative estimate of drug-likeness (QED) is 0.136. The van der Waals surface area contributed by atoms with Crippen LogP contribution in [0.5, 0.6) is 0 Å². The zero-order chi connectivity index (χ0) is 52.5. The van der Waals surface area contributed by atoms with E-state index in [1.165, 1.54) is 121 Å². The summed E-state index contributed by atoms with van der Waals surface area (Å²) in [5.74, 6) is 0.848. The van der Waals surface area contributed by atoms with E-state index in [2.05, 4.69) is 291 Å². The maximum atomic E-state index is 2.57. The van der Waals surface area contributed by atoms with Crippen LogP contribution in [0.3, 0.4) is 0 Å². The molecule has 0 radical (unpaired) electrons. The van der Waals surface area contributed by atoms with Gasteiger partial charge in [-0.05, 0) is 132 Å². The van der Waals surface area contributed by atoms with Gasteiger partial charge in [0.25, 0.3) is 0 Å². The van der Waals surface area contributed by atoms with Gasteiger partial charge >= 0.3 is 0 Å². The molecular formula is C74H58N4. The molecule has 0 bridgehead atoms. The fourth-order valence-corrected chi connectivity index (χ4v) is 13.3. The lowest BCUT2D eigenvalue weighted by Crippen LogP contribution is -2.12. The minimum Gasteiger partial charge on any atom is -0.309 e. The van der Waals surface area contributed by atoms with Crippen molar-refractivity contribution in [3.63, 3.8) is 0 Å². The van der Waals surface area contributed by atoms with Gasteiger partial charge in [0.1, 0.15) is 0 Å². The molecule has 4 heteroatoms. The molecule has 4 nitrogen and oxygen atoms in total. The second-order valence-electron chi connectivity index (χ2n) is 22.1. The van der Waals surface area contributed by atoms with Gasteiger partial charge in [-0.3, -0.25) is 0 Å². The lowest BCUT2D eigenvalue weighted by molar-refractivity contribution is 0.866. The van der Waals surface area contributed by atoms with Crippen molar-refractivity contribution < 1.29 is 0 Å². The number of anilines is 6. The Morgan fingerprint density at radius 1 is 0.308 bits per heavy atom. The van der Waals surface area contributed by atoms with Gasteiger partial charge < -0.3 is 18.6 Å². The lowest BCUT2D eigenvalue weighted by atomic mass is 9.96. The average Bonchev–Trinajstić information content (AvgIpc) is 3.85. The van der Waals surface area contributed by atoms with Gasteiger partial charge in [0, 0.05) is 65.6 Å². The van der Waals surface area contributed by atoms with Crippen molar-refractivity contribution in [1.82, 2.24) is 8.80 Å². The Bertz CT molecular complexity index is 4480. The molecule has 4 heterocycles. The molecule has 0 amide bonds. The molecule has 0 atom stereocenters. The van der Waals surface area contributed by atoms with Gasteiger partial charge in [-0.25, -0.2) is 0 Å². The molecule has 0 saturated heterocycles. The van der Waals surface area contributed by atoms with E-state index in [4.69, 9.17) is 0 Å². The van der Waals surface area contributed by atoms with E-state index in [1.54, 1.807) is 0 Å². The Balaban J connectivity index is 1.01. The van der Waals surface area contributed by atoms with Crippen molar-refractivity contribution in [3.8, 4) is 22.3 Å². The summed E-state index contributed by atoms with van der Waals surface area (Å²) in [7, 11) is 0. The van der Waals surface area contributed by atoms with Crippen molar-refractivity contribution in [1.29, 1.82) is 0 Å². The van der Waals surface area contributed by atoms with E-state index in [0.29, 0.717) is 11.8 Å². The second-order valence-corrected chi connectivity index (χ2v) is 22.1. The molecule has 0 unspecified atom stereocenters. The monoisotopic (exact) mass is 1000 g/mol. The van der Waals surface area contributed by atoms with Crippen molar-refractivity contribution in [3.05, 3.63) is 253 Å². The van der Waals surface area contributed by atoms with E-state index in [-0.39, 0.29) is 0 Å². The Labute approximate surface area is 454 Å². The van der Waals surface area contributed by atoms with Gasteiger partial charge in [-0.2, -0.15) is 0 Å². The molecular weight excluding hydrogens is 945 g/mol. The van der Waals surface area contributed by atoms with Crippen molar-refractivity contribution in [2.45, 2.75) is 53.4 Å². The van der Waals surface area contributed by atoms with Crippen LogP contribution in [0.15, 0.2) is 231 Å². The Kier molecular flexibility index (Phi) is 10.4. The third-order valence-corrected chi connectivity index (χ3v) is 17.0. The molecule has 0 aliphatic heterocycles. The SMILES string of the molecule is Cc1cccc(N(c2ccc(C(C)C)cc2)c2ccc3c4cc5c(cc4n4c6ccccc6c2c34)c2ccc(N(c3ccc(C(C)C)cc3)c3cccc(C)c3-c3ccccc3)c3c4ccccc4n5c23)c1-c1ccccc1. The summed E-state index contributed by atoms with van der Waals surface area (Å²) in [5.41, 5.74) is 24.2. The largest absolute Gasteiger partial charge is 0.309 e. The van der Waals surface area contributed by atoms with Crippen LogP contribution in [0, 0.1) is 13.8 Å². The summed E-state index contributed by atoms with van der Waals surface area (Å²) >= 11 is 0. The first-order chi connectivity index (χ1) is 38.2. The Morgan fingerprint density at radius 2 is 0.692 bits per heavy atom. The van der Waals surface area contributed by atoms with Gasteiger partial charge in [0.15, 0.2) is 0 Å². The summed E-state index contributed by atoms with van der Waals surface area (Å²) in [4.78, 5) is 5.05. The van der Waals surface area contributed by atoms with E-state index < -0.39 is 0 Å². The predicted octanol–water partition coefficient (Wildman–Crippen LogP) is 21.1. The van der Waals surface area contributed by atoms with Crippen molar-refractivity contribution >= 4 is 110 Å². The summed E-state index contributed by atoms with van der Waals surface area (Å²) in [6.45, 7) is 13.6. The summed E-state index contributed by atoms with van der Waals surface area (Å²) in [6, 6.07) is 86.5. The van der Waals surface area contributed by atoms with Crippen LogP contribution in [0.2, 0.25) is 0 Å². The highest BCUT2D eigenvalue weighted by molar-refractivity contribution is 6.32. The fraction of sp³-hybridized carbons (Fsp3) is 0.108. The first-order valence-corrected chi connectivity index (χ1v) is 27.7. The zero-order valence-electron chi connectivity index (χ0n) is 44.9. The van der Waals surface area contributed by atoms with E-state index in [1.807, 2.05) is 0 Å². The van der Waals surface area contributed by atoms with Crippen molar-refractivity contribution in [2.75, 3.05) is 9.80 Å². The number of aryl methyl sites for hydroxylation is 2. The topological polar surface area (TPSA) is 15.3 Å². The molecule has 0 aliphatic rings. The highest BCUT2D eigenvalue weighted by atomic mass is 15.2. The molecule has 4 aromatic heterocycles. The number of fused-ring (bicyclic) bond motifs is 12. The first kappa shape index (κ1) is 46.0. The number of rotatable bonds is 10. The smallest absolute Gasteiger partial charge is 0.0641 e. The molecule has 0 spiro atoms. The predicted molar refractivity (Wildman–Crippen MR) is 334 cm³/mol. The summed E-state index contributed by atoms with van der Waals surface area (Å²) in [5, 5.41) is 9.97. The minimum absolute atomic E-state index is 0.424. The number of benzene rings is 11. The van der Waals surface area contributed by atoms with E-state index >= 15 is 0 Å². The van der Waals surface area contributed by atoms with Crippen LogP contribution in [0.25, 0.3) is 98.4 Å². The normalized spacial score (nSPS) is 12.2. The molecule has 0 N–H and O–H groups in total. The van der Waals surface area contributed by atoms with Gasteiger partial charge in [-0.1, -0.05) is 185 Å². The highest BCUT2D eigenvalue weighted by Gasteiger charge is 2.30. The maximum Gasteiger partial charge on any atom is 0.0641 e. The third-order valence-electron chi connectivity index (χ3n) is 17.0. The number of hydrogen-bond donors (Lipinski definition) is 0. The molecule has 15 aromatic rings. The molecule has 374 valence electrons. The number of hydrogen-bond acceptors (Lipinski definition) is 2. The molecule has 11 aromatic carbocycles. The lowest BCUT2D eigenvalue weighted by Gasteiger charge is -2.30. The van der Waals surface area contributed by atoms with Gasteiger partial charge in [-0.15, -0.1) is 0 Å². The van der Waals surface area contributed by atoms with Gasteiger partial charge in [0.2, 0.25) is 0 Å². The van der Waals surface area contributed by atoms with Crippen LogP contribution in [-0.2, 0) is 0 Å². The van der Waals surface area contributed by atoms with Crippen LogP contribution in [-0.4, -0.2) is 8.80 Å². The standard InChI is InChI=1S/C74H58N4/c1-45(2)49-31-35-53(36-32-49)75(63-29-17-19-47(5)69(63)51-21-9-7-10-22-51)65-41-39-55-59-43-68-60(44-67(59)77-61-27-15-13-25-57(61)71(65)73(55)77)56-40-42-66(72-58-26-14-16-28-62(58)78(68)74(56)72)76(54-37-33-50(34-38-54)46(3)4)64-30-18-20-48(6)70(64)52-23-11-8-12-24-52/h7-46H,1-6H3. The van der Waals surface area contributed by atoms with Crippen LogP contribution in [0.4, 0.5) is 34.1 Å². The highest BCUT2D eigenvalue weighted by Crippen LogP contribution is 2.53. The Hall–Kier alpha value is -9.38. The molecule has 78 heavy (non-hydrogen) atoms. The van der Waals surface area contributed by atoms with E-state index in [9.17, 15) is 0 Å². The third kappa shape index (κ3) is 6.72. The number of aromatic nitrogens is 2. The first-order valence-electron chi connectivity index (χ1n) is 27.7. The van der Waals surface area contributed by atoms with Crippen LogP contribution >= 0.6 is 0 Å². The van der Waals surface area contributed by atoms with Crippen molar-refractivity contribution in [2.24, 2.45) is 0 Å². The Morgan fingerprint density at radius 3 is 1.09 bits per heavy atom. The molecule has 0 aliphatic carbocycles. The molecule has 0 fully saturated rings. The van der Waals surface area contributed by atoms with Gasteiger partial charge in [0.05, 0.1) is 55.8 Å². The van der Waals surface area contributed by atoms with E-state index in [0.717, 1.165) is 34.1 Å².